The van der Waals surface area contributed by atoms with E-state index in [2.05, 4.69) is 21.6 Å². The van der Waals surface area contributed by atoms with Crippen molar-refractivity contribution in [1.29, 1.82) is 0 Å². The highest BCUT2D eigenvalue weighted by Gasteiger charge is 2.35. The van der Waals surface area contributed by atoms with Crippen LogP contribution >= 0.6 is 22.9 Å². The van der Waals surface area contributed by atoms with E-state index in [0.29, 0.717) is 23.1 Å². The lowest BCUT2D eigenvalue weighted by Gasteiger charge is -2.18. The summed E-state index contributed by atoms with van der Waals surface area (Å²) in [6.07, 6.45) is 0.808. The van der Waals surface area contributed by atoms with Crippen molar-refractivity contribution < 1.29 is 9.59 Å². The van der Waals surface area contributed by atoms with Crippen LogP contribution in [0.2, 0.25) is 5.02 Å². The van der Waals surface area contributed by atoms with E-state index >= 15 is 0 Å². The van der Waals surface area contributed by atoms with Gasteiger partial charge in [-0.1, -0.05) is 41.1 Å². The maximum atomic E-state index is 12.7. The van der Waals surface area contributed by atoms with E-state index in [1.54, 1.807) is 4.90 Å². The van der Waals surface area contributed by atoms with Crippen LogP contribution in [0.4, 0.5) is 10.8 Å². The minimum absolute atomic E-state index is 0.0409. The van der Waals surface area contributed by atoms with Crippen LogP contribution in [0.5, 0.6) is 0 Å². The fraction of sp³-hybridized carbons (Fsp3) is 0.273. The minimum Gasteiger partial charge on any atom is -0.312 e. The molecule has 1 saturated heterocycles. The molecule has 30 heavy (non-hydrogen) atoms. The molecular formula is C22H21ClN4O2S. The van der Waals surface area contributed by atoms with E-state index in [4.69, 9.17) is 11.6 Å². The summed E-state index contributed by atoms with van der Waals surface area (Å²) < 4.78 is 0. The van der Waals surface area contributed by atoms with Gasteiger partial charge < -0.3 is 10.2 Å². The molecule has 1 atom stereocenters. The van der Waals surface area contributed by atoms with E-state index in [1.807, 2.05) is 50.2 Å². The topological polar surface area (TPSA) is 75.2 Å². The summed E-state index contributed by atoms with van der Waals surface area (Å²) in [6, 6.07) is 13.5. The van der Waals surface area contributed by atoms with Gasteiger partial charge >= 0.3 is 0 Å². The Kier molecular flexibility index (Phi) is 5.83. The summed E-state index contributed by atoms with van der Waals surface area (Å²) in [5, 5.41) is 13.0. The number of amides is 2. The number of hydrogen-bond acceptors (Lipinski definition) is 5. The van der Waals surface area contributed by atoms with E-state index in [1.165, 1.54) is 11.3 Å². The predicted molar refractivity (Wildman–Crippen MR) is 119 cm³/mol. The zero-order valence-electron chi connectivity index (χ0n) is 16.7. The molecule has 1 N–H and O–H groups in total. The van der Waals surface area contributed by atoms with E-state index in [0.717, 1.165) is 27.4 Å². The Labute approximate surface area is 183 Å². The van der Waals surface area contributed by atoms with E-state index in [9.17, 15) is 9.59 Å². The van der Waals surface area contributed by atoms with Gasteiger partial charge in [0, 0.05) is 30.1 Å². The lowest BCUT2D eigenvalue weighted by molar-refractivity contribution is -0.122. The average molecular weight is 441 g/mol. The Bertz CT molecular complexity index is 1080. The molecule has 2 aromatic carbocycles. The molecule has 2 heterocycles. The first-order valence-corrected chi connectivity index (χ1v) is 10.8. The van der Waals surface area contributed by atoms with Gasteiger partial charge in [0.15, 0.2) is 0 Å². The monoisotopic (exact) mass is 440 g/mol. The van der Waals surface area contributed by atoms with Gasteiger partial charge in [0.05, 0.1) is 5.92 Å². The van der Waals surface area contributed by atoms with Crippen molar-refractivity contribution in [3.63, 3.8) is 0 Å². The normalized spacial score (nSPS) is 16.2. The third kappa shape index (κ3) is 4.68. The number of nitrogens with one attached hydrogen (secondary N) is 1. The number of carbonyl (C=O) groups excluding carboxylic acids is 2. The zero-order valence-corrected chi connectivity index (χ0v) is 18.3. The molecule has 0 spiro atoms. The smallest absolute Gasteiger partial charge is 0.231 e. The molecule has 1 aromatic heterocycles. The number of aromatic nitrogens is 2. The van der Waals surface area contributed by atoms with Gasteiger partial charge in [0.25, 0.3) is 0 Å². The highest BCUT2D eigenvalue weighted by atomic mass is 35.5. The molecule has 154 valence electrons. The molecule has 0 radical (unpaired) electrons. The Morgan fingerprint density at radius 3 is 2.57 bits per heavy atom. The first-order valence-electron chi connectivity index (χ1n) is 9.64. The largest absolute Gasteiger partial charge is 0.312 e. The summed E-state index contributed by atoms with van der Waals surface area (Å²) in [6.45, 7) is 4.36. The van der Waals surface area contributed by atoms with Crippen LogP contribution in [0.15, 0.2) is 42.5 Å². The average Bonchev–Trinajstić information content (AvgIpc) is 3.29. The molecule has 1 aliphatic heterocycles. The number of nitrogens with zero attached hydrogens (tertiary/aromatic N) is 3. The molecule has 1 unspecified atom stereocenters. The van der Waals surface area contributed by atoms with Crippen LogP contribution in [0.3, 0.4) is 0 Å². The molecule has 0 saturated carbocycles. The molecule has 3 aromatic rings. The number of aryl methyl sites for hydroxylation is 2. The van der Waals surface area contributed by atoms with Crippen molar-refractivity contribution in [1.82, 2.24) is 10.2 Å². The number of benzene rings is 2. The standard InChI is InChI=1S/C22H21ClN4O2S/c1-13-7-14(2)9-18(8-13)27-12-16(11-20(27)28)21(29)24-22-26-25-19(30-22)10-15-3-5-17(23)6-4-15/h3-9,16H,10-12H2,1-2H3,(H,24,26,29). The lowest BCUT2D eigenvalue weighted by atomic mass is 10.1. The fourth-order valence-electron chi connectivity index (χ4n) is 3.60. The first-order chi connectivity index (χ1) is 14.4. The minimum atomic E-state index is -0.415. The number of anilines is 2. The van der Waals surface area contributed by atoms with Crippen molar-refractivity contribution >= 4 is 45.6 Å². The van der Waals surface area contributed by atoms with Crippen molar-refractivity contribution in [2.45, 2.75) is 26.7 Å². The second kappa shape index (κ2) is 8.53. The van der Waals surface area contributed by atoms with Crippen LogP contribution in [0.25, 0.3) is 0 Å². The number of rotatable bonds is 5. The summed E-state index contributed by atoms with van der Waals surface area (Å²) >= 11 is 7.25. The number of halogens is 1. The Morgan fingerprint density at radius 2 is 1.87 bits per heavy atom. The SMILES string of the molecule is Cc1cc(C)cc(N2CC(C(=O)Nc3nnc(Cc4ccc(Cl)cc4)s3)CC2=O)c1. The van der Waals surface area contributed by atoms with Crippen molar-refractivity contribution in [2.24, 2.45) is 5.92 Å². The maximum absolute atomic E-state index is 12.7. The molecule has 6 nitrogen and oxygen atoms in total. The molecule has 1 fully saturated rings. The van der Waals surface area contributed by atoms with Crippen LogP contribution in [0.1, 0.15) is 28.1 Å². The molecule has 8 heteroatoms. The van der Waals surface area contributed by atoms with Gasteiger partial charge in [-0.05, 0) is 54.8 Å². The van der Waals surface area contributed by atoms with Gasteiger partial charge in [0.1, 0.15) is 5.01 Å². The quantitative estimate of drug-likeness (QED) is 0.638. The van der Waals surface area contributed by atoms with E-state index in [-0.39, 0.29) is 18.2 Å². The van der Waals surface area contributed by atoms with Gasteiger partial charge in [0.2, 0.25) is 16.9 Å². The highest BCUT2D eigenvalue weighted by Crippen LogP contribution is 2.28. The molecule has 0 aliphatic carbocycles. The number of hydrogen-bond donors (Lipinski definition) is 1. The third-order valence-corrected chi connectivity index (χ3v) is 6.07. The fourth-order valence-corrected chi connectivity index (χ4v) is 4.50. The second-order valence-electron chi connectivity index (χ2n) is 7.54. The summed E-state index contributed by atoms with van der Waals surface area (Å²) in [5.41, 5.74) is 4.09. The molecular weight excluding hydrogens is 420 g/mol. The third-order valence-electron chi connectivity index (χ3n) is 4.98. The van der Waals surface area contributed by atoms with Gasteiger partial charge in [-0.15, -0.1) is 10.2 Å². The molecule has 2 amide bonds. The molecule has 4 rings (SSSR count). The lowest BCUT2D eigenvalue weighted by Crippen LogP contribution is -2.28. The van der Waals surface area contributed by atoms with Crippen LogP contribution in [0, 0.1) is 19.8 Å². The predicted octanol–water partition coefficient (Wildman–Crippen LogP) is 4.39. The summed E-state index contributed by atoms with van der Waals surface area (Å²) in [7, 11) is 0. The maximum Gasteiger partial charge on any atom is 0.231 e. The summed E-state index contributed by atoms with van der Waals surface area (Å²) in [5.74, 6) is -0.660. The van der Waals surface area contributed by atoms with Crippen molar-refractivity contribution in [3.05, 3.63) is 69.2 Å². The van der Waals surface area contributed by atoms with Crippen LogP contribution in [-0.2, 0) is 16.0 Å². The van der Waals surface area contributed by atoms with Crippen molar-refractivity contribution in [2.75, 3.05) is 16.8 Å². The molecule has 0 bridgehead atoms. The van der Waals surface area contributed by atoms with E-state index < -0.39 is 5.92 Å². The molecule has 1 aliphatic rings. The summed E-state index contributed by atoms with van der Waals surface area (Å²) in [4.78, 5) is 26.9. The van der Waals surface area contributed by atoms with Crippen molar-refractivity contribution in [3.8, 4) is 0 Å². The van der Waals surface area contributed by atoms with Crippen LogP contribution < -0.4 is 10.2 Å². The van der Waals surface area contributed by atoms with Gasteiger partial charge in [-0.3, -0.25) is 9.59 Å². The van der Waals surface area contributed by atoms with Gasteiger partial charge in [-0.2, -0.15) is 0 Å². The Hall–Kier alpha value is -2.77. The first kappa shape index (κ1) is 20.5. The second-order valence-corrected chi connectivity index (χ2v) is 9.04. The number of carbonyl (C=O) groups is 2. The zero-order chi connectivity index (χ0) is 21.3. The Morgan fingerprint density at radius 1 is 1.17 bits per heavy atom. The van der Waals surface area contributed by atoms with Gasteiger partial charge in [-0.25, -0.2) is 0 Å². The van der Waals surface area contributed by atoms with Crippen LogP contribution in [-0.4, -0.2) is 28.6 Å². The Balaban J connectivity index is 1.39. The highest BCUT2D eigenvalue weighted by molar-refractivity contribution is 7.15.